The van der Waals surface area contributed by atoms with E-state index in [2.05, 4.69) is 14.9 Å². The molecule has 2 N–H and O–H groups in total. The number of nitrogens with two attached hydrogens (primary N) is 1. The van der Waals surface area contributed by atoms with E-state index in [1.807, 2.05) is 10.6 Å². The minimum absolute atomic E-state index is 0.139. The zero-order chi connectivity index (χ0) is 23.9. The van der Waals surface area contributed by atoms with Gasteiger partial charge in [-0.3, -0.25) is 9.20 Å². The Hall–Kier alpha value is -4.12. The number of anilines is 2. The number of fused-ring (bicyclic) bond motifs is 3. The van der Waals surface area contributed by atoms with Crippen LogP contribution in [0.1, 0.15) is 21.7 Å². The molecule has 0 aliphatic carbocycles. The molecule has 35 heavy (non-hydrogen) atoms. The zero-order valence-corrected chi connectivity index (χ0v) is 18.9. The highest BCUT2D eigenvalue weighted by molar-refractivity contribution is 5.94. The van der Waals surface area contributed by atoms with Crippen molar-refractivity contribution in [3.05, 3.63) is 65.6 Å². The van der Waals surface area contributed by atoms with Gasteiger partial charge in [-0.1, -0.05) is 0 Å². The predicted octanol–water partition coefficient (Wildman–Crippen LogP) is 1.94. The van der Waals surface area contributed by atoms with Crippen LogP contribution in [0.15, 0.2) is 42.9 Å². The summed E-state index contributed by atoms with van der Waals surface area (Å²) in [6.07, 6.45) is 5.82. The van der Waals surface area contributed by atoms with Gasteiger partial charge in [0.2, 0.25) is 5.95 Å². The second-order valence-corrected chi connectivity index (χ2v) is 8.56. The fraction of sp³-hybridized carbons (Fsp3) is 0.292. The number of benzene rings is 1. The van der Waals surface area contributed by atoms with Crippen molar-refractivity contribution < 1.29 is 13.9 Å². The first-order valence-electron chi connectivity index (χ1n) is 11.4. The minimum Gasteiger partial charge on any atom is -0.378 e. The van der Waals surface area contributed by atoms with Gasteiger partial charge in [0.1, 0.15) is 5.82 Å². The van der Waals surface area contributed by atoms with Crippen molar-refractivity contribution in [1.82, 2.24) is 29.2 Å². The average molecular weight is 475 g/mol. The zero-order valence-electron chi connectivity index (χ0n) is 18.9. The van der Waals surface area contributed by atoms with Gasteiger partial charge in [-0.2, -0.15) is 0 Å². The maximum Gasteiger partial charge on any atom is 0.254 e. The molecule has 0 unspecified atom stereocenters. The van der Waals surface area contributed by atoms with Crippen LogP contribution in [0.4, 0.5) is 16.2 Å². The number of ether oxygens (including phenoxy) is 1. The Kier molecular flexibility index (Phi) is 5.25. The van der Waals surface area contributed by atoms with Crippen LogP contribution in [0.5, 0.6) is 0 Å². The number of hydrogen-bond donors (Lipinski definition) is 1. The van der Waals surface area contributed by atoms with E-state index in [9.17, 15) is 9.18 Å². The summed E-state index contributed by atoms with van der Waals surface area (Å²) in [5, 5.41) is 0. The molecule has 6 rings (SSSR count). The Labute approximate surface area is 200 Å². The summed E-state index contributed by atoms with van der Waals surface area (Å²) < 4.78 is 20.9. The van der Waals surface area contributed by atoms with Gasteiger partial charge in [0.05, 0.1) is 36.8 Å². The van der Waals surface area contributed by atoms with Crippen LogP contribution in [-0.2, 0) is 17.7 Å². The van der Waals surface area contributed by atoms with Crippen molar-refractivity contribution in [2.45, 2.75) is 13.0 Å². The lowest BCUT2D eigenvalue weighted by Gasteiger charge is -2.28. The predicted molar refractivity (Wildman–Crippen MR) is 126 cm³/mol. The van der Waals surface area contributed by atoms with E-state index in [1.165, 1.54) is 24.3 Å². The quantitative estimate of drug-likeness (QED) is 0.479. The van der Waals surface area contributed by atoms with Crippen molar-refractivity contribution in [1.29, 1.82) is 0 Å². The first-order valence-corrected chi connectivity index (χ1v) is 11.4. The van der Waals surface area contributed by atoms with Crippen molar-refractivity contribution in [2.75, 3.05) is 43.5 Å². The summed E-state index contributed by atoms with van der Waals surface area (Å²) in [6, 6.07) is 5.64. The molecule has 1 fully saturated rings. The number of nitrogens with zero attached hydrogens (tertiary/aromatic N) is 7. The van der Waals surface area contributed by atoms with Gasteiger partial charge in [0.25, 0.3) is 5.91 Å². The van der Waals surface area contributed by atoms with E-state index >= 15 is 0 Å². The van der Waals surface area contributed by atoms with Crippen LogP contribution in [0, 0.1) is 5.82 Å². The van der Waals surface area contributed by atoms with E-state index in [4.69, 9.17) is 20.4 Å². The Balaban J connectivity index is 1.43. The monoisotopic (exact) mass is 474 g/mol. The second kappa shape index (κ2) is 8.58. The molecule has 1 aromatic carbocycles. The Bertz CT molecular complexity index is 1400. The molecule has 5 heterocycles. The van der Waals surface area contributed by atoms with Gasteiger partial charge in [-0.25, -0.2) is 24.3 Å². The minimum atomic E-state index is -0.369. The van der Waals surface area contributed by atoms with Crippen LogP contribution in [0.2, 0.25) is 0 Å². The summed E-state index contributed by atoms with van der Waals surface area (Å²) >= 11 is 0. The number of rotatable bonds is 3. The average Bonchev–Trinajstić information content (AvgIpc) is 3.27. The van der Waals surface area contributed by atoms with Crippen molar-refractivity contribution in [2.24, 2.45) is 0 Å². The van der Waals surface area contributed by atoms with E-state index in [1.54, 1.807) is 17.3 Å². The molecular weight excluding hydrogens is 451 g/mol. The molecule has 0 saturated carbocycles. The Morgan fingerprint density at radius 3 is 2.51 bits per heavy atom. The maximum atomic E-state index is 13.3. The van der Waals surface area contributed by atoms with Crippen LogP contribution < -0.4 is 10.6 Å². The molecule has 4 aromatic rings. The number of morpholine rings is 1. The van der Waals surface area contributed by atoms with E-state index in [0.717, 1.165) is 28.4 Å². The topological polar surface area (TPSA) is 115 Å². The number of halogens is 1. The summed E-state index contributed by atoms with van der Waals surface area (Å²) in [4.78, 5) is 35.2. The molecule has 11 heteroatoms. The van der Waals surface area contributed by atoms with Crippen LogP contribution in [0.25, 0.3) is 16.9 Å². The smallest absolute Gasteiger partial charge is 0.254 e. The Morgan fingerprint density at radius 1 is 1.03 bits per heavy atom. The van der Waals surface area contributed by atoms with Crippen LogP contribution in [-0.4, -0.2) is 68.0 Å². The van der Waals surface area contributed by atoms with Crippen LogP contribution >= 0.6 is 0 Å². The molecule has 0 radical (unpaired) electrons. The number of aromatic nitrogens is 5. The molecule has 178 valence electrons. The number of amides is 1. The van der Waals surface area contributed by atoms with Gasteiger partial charge in [0.15, 0.2) is 11.5 Å². The number of carbonyl (C=O) groups is 1. The number of imidazole rings is 1. The highest BCUT2D eigenvalue weighted by atomic mass is 19.1. The number of carbonyl (C=O) groups excluding carboxylic acids is 1. The standard InChI is InChI=1S/C24H23FN8O2/c25-17-3-1-15(2-4-17)23(34)32-6-5-18-20(14-32)33-13-19(16-11-27-24(26)28-12-16)30-21(22(33)29-18)31-7-9-35-10-8-31/h1-4,11-13H,5-10,14H2,(H2,26,27,28). The van der Waals surface area contributed by atoms with E-state index < -0.39 is 0 Å². The molecule has 0 spiro atoms. The third-order valence-corrected chi connectivity index (χ3v) is 6.39. The lowest BCUT2D eigenvalue weighted by atomic mass is 10.1. The molecule has 3 aromatic heterocycles. The molecule has 0 atom stereocenters. The highest BCUT2D eigenvalue weighted by Crippen LogP contribution is 2.30. The van der Waals surface area contributed by atoms with Crippen molar-refractivity contribution in [3.8, 4) is 11.3 Å². The maximum absolute atomic E-state index is 13.3. The SMILES string of the molecule is Nc1ncc(-c2cn3c4c(nc3c(N3CCOCC3)n2)CCN(C(=O)c2ccc(F)cc2)C4)cn1. The van der Waals surface area contributed by atoms with Crippen molar-refractivity contribution in [3.63, 3.8) is 0 Å². The Morgan fingerprint density at radius 2 is 1.77 bits per heavy atom. The van der Waals surface area contributed by atoms with Gasteiger partial charge in [0, 0.05) is 55.8 Å². The van der Waals surface area contributed by atoms with Gasteiger partial charge in [-0.05, 0) is 24.3 Å². The summed E-state index contributed by atoms with van der Waals surface area (Å²) in [5.74, 6) is 0.443. The second-order valence-electron chi connectivity index (χ2n) is 8.56. The van der Waals surface area contributed by atoms with Gasteiger partial charge < -0.3 is 20.3 Å². The summed E-state index contributed by atoms with van der Waals surface area (Å²) in [6.45, 7) is 3.56. The molecule has 2 aliphatic heterocycles. The first kappa shape index (κ1) is 21.4. The van der Waals surface area contributed by atoms with E-state index in [-0.39, 0.29) is 17.7 Å². The van der Waals surface area contributed by atoms with E-state index in [0.29, 0.717) is 57.1 Å². The molecular formula is C24H23FN8O2. The van der Waals surface area contributed by atoms with Crippen molar-refractivity contribution >= 4 is 23.3 Å². The van der Waals surface area contributed by atoms with Gasteiger partial charge >= 0.3 is 0 Å². The first-order chi connectivity index (χ1) is 17.1. The molecule has 0 bridgehead atoms. The lowest BCUT2D eigenvalue weighted by Crippen LogP contribution is -2.37. The normalized spacial score (nSPS) is 15.9. The summed E-state index contributed by atoms with van der Waals surface area (Å²) in [5.41, 5.74) is 10.2. The fourth-order valence-corrected chi connectivity index (χ4v) is 4.54. The molecule has 1 amide bonds. The van der Waals surface area contributed by atoms with Gasteiger partial charge in [-0.15, -0.1) is 0 Å². The molecule has 10 nitrogen and oxygen atoms in total. The third kappa shape index (κ3) is 3.93. The number of nitrogen functional groups attached to an aromatic ring is 1. The van der Waals surface area contributed by atoms with Crippen LogP contribution in [0.3, 0.4) is 0 Å². The number of hydrogen-bond acceptors (Lipinski definition) is 8. The molecule has 1 saturated heterocycles. The fourth-order valence-electron chi connectivity index (χ4n) is 4.54. The largest absolute Gasteiger partial charge is 0.378 e. The lowest BCUT2D eigenvalue weighted by molar-refractivity contribution is 0.0731. The molecule has 2 aliphatic rings. The third-order valence-electron chi connectivity index (χ3n) is 6.39. The highest BCUT2D eigenvalue weighted by Gasteiger charge is 2.28. The summed E-state index contributed by atoms with van der Waals surface area (Å²) in [7, 11) is 0.